The second kappa shape index (κ2) is 9.90. The summed E-state index contributed by atoms with van der Waals surface area (Å²) in [5, 5.41) is 0. The van der Waals surface area contributed by atoms with Crippen molar-refractivity contribution in [2.45, 2.75) is 71.7 Å². The van der Waals surface area contributed by atoms with Crippen LogP contribution >= 0.6 is 0 Å². The lowest BCUT2D eigenvalue weighted by molar-refractivity contribution is -0.107. The van der Waals surface area contributed by atoms with Crippen LogP contribution in [0.1, 0.15) is 51.3 Å². The van der Waals surface area contributed by atoms with Crippen molar-refractivity contribution < 1.29 is 9.16 Å². The van der Waals surface area contributed by atoms with Crippen molar-refractivity contribution in [3.63, 3.8) is 0 Å². The maximum Gasteiger partial charge on any atom is 0.208 e. The summed E-state index contributed by atoms with van der Waals surface area (Å²) in [6.07, 6.45) is 5.77. The van der Waals surface area contributed by atoms with E-state index in [1.54, 1.807) is 0 Å². The number of ether oxygens (including phenoxy) is 1. The minimum atomic E-state index is -1.79. The highest BCUT2D eigenvalue weighted by Gasteiger charge is 2.31. The van der Waals surface area contributed by atoms with Gasteiger partial charge < -0.3 is 13.7 Å². The number of benzene rings is 1. The Morgan fingerprint density at radius 2 is 1.84 bits per heavy atom. The Bertz CT molecular complexity index is 611. The summed E-state index contributed by atoms with van der Waals surface area (Å²) in [5.74, 6) is 0.894. The number of imidazole rings is 1. The van der Waals surface area contributed by atoms with Crippen molar-refractivity contribution in [2.75, 3.05) is 0 Å². The lowest BCUT2D eigenvalue weighted by Crippen LogP contribution is -2.36. The maximum atomic E-state index is 6.56. The fourth-order valence-corrected chi connectivity index (χ4v) is 4.16. The molecule has 0 spiro atoms. The highest BCUT2D eigenvalue weighted by Crippen LogP contribution is 2.28. The summed E-state index contributed by atoms with van der Waals surface area (Å²) in [5.41, 5.74) is 1.15. The molecule has 0 bridgehead atoms. The fraction of sp³-hybridized carbons (Fsp3) is 0.550. The lowest BCUT2D eigenvalue weighted by atomic mass is 10.2. The molecule has 0 saturated heterocycles. The van der Waals surface area contributed by atoms with Gasteiger partial charge in [-0.2, -0.15) is 0 Å². The molecule has 25 heavy (non-hydrogen) atoms. The van der Waals surface area contributed by atoms with Crippen LogP contribution in [-0.4, -0.2) is 17.9 Å². The second-order valence-electron chi connectivity index (χ2n) is 6.74. The molecule has 1 atom stereocenters. The monoisotopic (exact) mass is 360 g/mol. The second-order valence-corrected chi connectivity index (χ2v) is 11.3. The summed E-state index contributed by atoms with van der Waals surface area (Å²) >= 11 is 0. The number of unbranched alkanes of at least 4 members (excludes halogenated alkanes) is 1. The normalized spacial score (nSPS) is 13.1. The number of hydrogen-bond donors (Lipinski definition) is 0. The molecule has 0 aliphatic heterocycles. The number of rotatable bonds is 11. The molecule has 0 fully saturated rings. The summed E-state index contributed by atoms with van der Waals surface area (Å²) in [7, 11) is -1.79. The van der Waals surface area contributed by atoms with Gasteiger partial charge in [0.05, 0.1) is 6.61 Å². The van der Waals surface area contributed by atoms with Gasteiger partial charge in [0.1, 0.15) is 0 Å². The molecule has 1 heterocycles. The van der Waals surface area contributed by atoms with Gasteiger partial charge in [-0.25, -0.2) is 4.98 Å². The van der Waals surface area contributed by atoms with Crippen LogP contribution in [0.3, 0.4) is 0 Å². The Kier molecular flexibility index (Phi) is 7.87. The lowest BCUT2D eigenvalue weighted by Gasteiger charge is -2.30. The van der Waals surface area contributed by atoms with E-state index in [0.29, 0.717) is 6.61 Å². The van der Waals surface area contributed by atoms with Gasteiger partial charge in [0, 0.05) is 18.9 Å². The van der Waals surface area contributed by atoms with E-state index in [1.807, 2.05) is 30.6 Å². The van der Waals surface area contributed by atoms with Crippen molar-refractivity contribution in [1.29, 1.82) is 0 Å². The van der Waals surface area contributed by atoms with Crippen LogP contribution in [0.15, 0.2) is 42.7 Å². The minimum absolute atomic E-state index is 0.399. The Morgan fingerprint density at radius 3 is 2.48 bits per heavy atom. The summed E-state index contributed by atoms with van der Waals surface area (Å²) in [4.78, 5) is 4.57. The highest BCUT2D eigenvalue weighted by molar-refractivity contribution is 6.72. The zero-order valence-electron chi connectivity index (χ0n) is 16.1. The summed E-state index contributed by atoms with van der Waals surface area (Å²) in [6, 6.07) is 12.4. The third-order valence-corrected chi connectivity index (χ3v) is 8.62. The smallest absolute Gasteiger partial charge is 0.208 e. The predicted molar refractivity (Wildman–Crippen MR) is 105 cm³/mol. The topological polar surface area (TPSA) is 36.3 Å². The Labute approximate surface area is 153 Å². The molecule has 0 aliphatic rings. The Balaban J connectivity index is 2.18. The molecule has 2 rings (SSSR count). The van der Waals surface area contributed by atoms with E-state index >= 15 is 0 Å². The van der Waals surface area contributed by atoms with E-state index in [2.05, 4.69) is 49.0 Å². The molecule has 0 radical (unpaired) electrons. The quantitative estimate of drug-likeness (QED) is 0.390. The van der Waals surface area contributed by atoms with Crippen LogP contribution in [-0.2, 0) is 22.3 Å². The van der Waals surface area contributed by atoms with E-state index in [0.717, 1.165) is 42.9 Å². The van der Waals surface area contributed by atoms with Crippen LogP contribution < -0.4 is 0 Å². The van der Waals surface area contributed by atoms with Gasteiger partial charge >= 0.3 is 0 Å². The molecule has 0 N–H and O–H groups in total. The van der Waals surface area contributed by atoms with Crippen molar-refractivity contribution >= 4 is 8.32 Å². The maximum absolute atomic E-state index is 6.56. The third-order valence-electron chi connectivity index (χ3n) is 4.84. The van der Waals surface area contributed by atoms with Crippen molar-refractivity contribution in [3.8, 4) is 0 Å². The molecule has 0 amide bonds. The molecule has 138 valence electrons. The van der Waals surface area contributed by atoms with Crippen molar-refractivity contribution in [3.05, 3.63) is 54.1 Å². The number of aryl methyl sites for hydroxylation is 1. The van der Waals surface area contributed by atoms with Crippen LogP contribution in [0.2, 0.25) is 18.6 Å². The molecular formula is C20H32N2O2Si. The standard InChI is InChI=1S/C20H32N2O2Si/c1-5-8-15-22-16-14-21-19(22)20(24-25(4,6-2)7-3)23-17-18-12-10-9-11-13-18/h9-14,16,20H,5-8,15,17H2,1-4H3. The zero-order chi connectivity index (χ0) is 18.1. The van der Waals surface area contributed by atoms with Gasteiger partial charge in [0.15, 0.2) is 14.1 Å². The van der Waals surface area contributed by atoms with E-state index < -0.39 is 14.6 Å². The van der Waals surface area contributed by atoms with Crippen LogP contribution in [0.4, 0.5) is 0 Å². The van der Waals surface area contributed by atoms with Gasteiger partial charge in [-0.05, 0) is 30.6 Å². The van der Waals surface area contributed by atoms with Gasteiger partial charge in [0.25, 0.3) is 0 Å². The van der Waals surface area contributed by atoms with E-state index in [9.17, 15) is 0 Å². The number of aromatic nitrogens is 2. The van der Waals surface area contributed by atoms with Crippen molar-refractivity contribution in [2.24, 2.45) is 0 Å². The molecule has 0 saturated carbocycles. The highest BCUT2D eigenvalue weighted by atomic mass is 28.4. The van der Waals surface area contributed by atoms with E-state index in [1.165, 1.54) is 0 Å². The largest absolute Gasteiger partial charge is 0.387 e. The first-order chi connectivity index (χ1) is 12.1. The summed E-state index contributed by atoms with van der Waals surface area (Å²) in [6.45, 7) is 10.4. The van der Waals surface area contributed by atoms with Gasteiger partial charge in [-0.15, -0.1) is 0 Å². The van der Waals surface area contributed by atoms with Crippen molar-refractivity contribution in [1.82, 2.24) is 9.55 Å². The van der Waals surface area contributed by atoms with Gasteiger partial charge in [-0.3, -0.25) is 0 Å². The predicted octanol–water partition coefficient (Wildman–Crippen LogP) is 5.53. The average Bonchev–Trinajstić information content (AvgIpc) is 3.12. The molecule has 1 aromatic carbocycles. The fourth-order valence-electron chi connectivity index (χ4n) is 2.64. The summed E-state index contributed by atoms with van der Waals surface area (Å²) < 4.78 is 15.0. The third kappa shape index (κ3) is 5.80. The minimum Gasteiger partial charge on any atom is -0.387 e. The first kappa shape index (κ1) is 19.9. The van der Waals surface area contributed by atoms with Gasteiger partial charge in [-0.1, -0.05) is 57.5 Å². The van der Waals surface area contributed by atoms with E-state index in [-0.39, 0.29) is 0 Å². The molecule has 4 nitrogen and oxygen atoms in total. The zero-order valence-corrected chi connectivity index (χ0v) is 17.1. The molecule has 5 heteroatoms. The molecule has 1 aromatic heterocycles. The molecule has 1 unspecified atom stereocenters. The van der Waals surface area contributed by atoms with E-state index in [4.69, 9.17) is 9.16 Å². The Morgan fingerprint density at radius 1 is 1.12 bits per heavy atom. The first-order valence-electron chi connectivity index (χ1n) is 9.46. The van der Waals surface area contributed by atoms with Crippen LogP contribution in [0.25, 0.3) is 0 Å². The first-order valence-corrected chi connectivity index (χ1v) is 12.3. The Hall–Kier alpha value is -1.43. The number of hydrogen-bond acceptors (Lipinski definition) is 3. The van der Waals surface area contributed by atoms with Crippen LogP contribution in [0, 0.1) is 0 Å². The molecule has 2 aromatic rings. The van der Waals surface area contributed by atoms with Gasteiger partial charge in [0.2, 0.25) is 6.29 Å². The number of nitrogens with zero attached hydrogens (tertiary/aromatic N) is 2. The molecular weight excluding hydrogens is 328 g/mol. The SMILES string of the molecule is CCCCn1ccnc1C(OCc1ccccc1)O[Si](C)(CC)CC. The average molecular weight is 361 g/mol. The van der Waals surface area contributed by atoms with Crippen LogP contribution in [0.5, 0.6) is 0 Å². The molecule has 0 aliphatic carbocycles.